The molecule has 0 fully saturated rings. The van der Waals surface area contributed by atoms with Crippen molar-refractivity contribution >= 4 is 34.6 Å². The van der Waals surface area contributed by atoms with Gasteiger partial charge >= 0.3 is 5.97 Å². The van der Waals surface area contributed by atoms with Crippen molar-refractivity contribution in [1.82, 2.24) is 15.2 Å². The number of hydrogen-bond donors (Lipinski definition) is 3. The Balaban J connectivity index is 0.000000390. The summed E-state index contributed by atoms with van der Waals surface area (Å²) >= 11 is 0. The number of esters is 1. The van der Waals surface area contributed by atoms with E-state index in [1.165, 1.54) is 0 Å². The number of phenols is 1. The molecule has 12 nitrogen and oxygen atoms in total. The number of primary amides is 1. The largest absolute Gasteiger partial charge is 0.508 e. The second-order valence-electron chi connectivity index (χ2n) is 13.0. The van der Waals surface area contributed by atoms with Crippen LogP contribution in [0, 0.1) is 17.8 Å². The molecule has 2 unspecified atom stereocenters. The fraction of sp³-hybridized carbons (Fsp3) is 0.605. The molecule has 1 aromatic carbocycles. The summed E-state index contributed by atoms with van der Waals surface area (Å²) in [5.41, 5.74) is 9.38. The first-order valence-corrected chi connectivity index (χ1v) is 17.8. The van der Waals surface area contributed by atoms with E-state index >= 15 is 0 Å². The number of amides is 3. The average molecular weight is 699 g/mol. The maximum absolute atomic E-state index is 13.3. The number of rotatable bonds is 11. The van der Waals surface area contributed by atoms with Gasteiger partial charge in [0.1, 0.15) is 19.0 Å². The molecule has 4 rings (SSSR count). The molecule has 1 aromatic heterocycles. The first kappa shape index (κ1) is 42.1. The van der Waals surface area contributed by atoms with Gasteiger partial charge in [-0.15, -0.1) is 0 Å². The van der Waals surface area contributed by atoms with Crippen LogP contribution in [-0.4, -0.2) is 77.3 Å². The van der Waals surface area contributed by atoms with Crippen LogP contribution >= 0.6 is 0 Å². The van der Waals surface area contributed by atoms with Crippen LogP contribution in [-0.2, 0) is 52.8 Å². The van der Waals surface area contributed by atoms with Gasteiger partial charge in [-0.25, -0.2) is 0 Å². The van der Waals surface area contributed by atoms with Crippen LogP contribution in [0.5, 0.6) is 5.75 Å². The molecule has 2 aliphatic heterocycles. The highest BCUT2D eigenvalue weighted by Crippen LogP contribution is 2.35. The quantitative estimate of drug-likeness (QED) is 0.217. The van der Waals surface area contributed by atoms with E-state index in [2.05, 4.69) is 18.3 Å². The third kappa shape index (κ3) is 11.8. The van der Waals surface area contributed by atoms with Gasteiger partial charge < -0.3 is 35.3 Å². The molecule has 3 amide bonds. The minimum absolute atomic E-state index is 0.0371. The number of benzene rings is 1. The van der Waals surface area contributed by atoms with E-state index in [-0.39, 0.29) is 55.1 Å². The molecule has 0 aliphatic carbocycles. The lowest BCUT2D eigenvalue weighted by atomic mass is 9.87. The van der Waals surface area contributed by atoms with E-state index in [1.54, 1.807) is 12.1 Å². The Morgan fingerprint density at radius 2 is 1.86 bits per heavy atom. The van der Waals surface area contributed by atoms with E-state index < -0.39 is 17.4 Å². The summed E-state index contributed by atoms with van der Waals surface area (Å²) in [5, 5.41) is 13.3. The minimum Gasteiger partial charge on any atom is -0.508 e. The fourth-order valence-corrected chi connectivity index (χ4v) is 5.90. The van der Waals surface area contributed by atoms with Gasteiger partial charge in [0, 0.05) is 30.7 Å². The van der Waals surface area contributed by atoms with Crippen molar-refractivity contribution in [3.05, 3.63) is 46.8 Å². The van der Waals surface area contributed by atoms with Crippen LogP contribution in [0.15, 0.2) is 30.0 Å². The topological polar surface area (TPSA) is 170 Å². The number of carbonyl (C=O) groups excluding carboxylic acids is 4. The molecule has 3 atom stereocenters. The number of allylic oxidation sites excluding steroid dienone is 2. The predicted molar refractivity (Wildman–Crippen MR) is 193 cm³/mol. The van der Waals surface area contributed by atoms with Gasteiger partial charge in [0.2, 0.25) is 17.7 Å². The number of fused-ring (bicyclic) bond motifs is 3. The van der Waals surface area contributed by atoms with Crippen molar-refractivity contribution in [1.29, 1.82) is 0 Å². The van der Waals surface area contributed by atoms with Gasteiger partial charge in [0.15, 0.2) is 0 Å². The Hall–Kier alpha value is -4.03. The highest BCUT2D eigenvalue weighted by molar-refractivity contribution is 5.87. The molecule has 2 aliphatic rings. The molecule has 2 aromatic rings. The Kier molecular flexibility index (Phi) is 16.8. The highest BCUT2D eigenvalue weighted by atomic mass is 16.5. The third-order valence-electron chi connectivity index (χ3n) is 8.74. The van der Waals surface area contributed by atoms with Gasteiger partial charge in [-0.3, -0.25) is 24.2 Å². The SMILES string of the molecule is CC.CCOCCC(C)(C)OCC(=O)NCC(N)=O.CCc1c2c(nc3ccc(O)cc13)C/C1=C/C(C)[C@@H](CC)C(=O)OCC(C)C(=O)N1C2. The molecule has 278 valence electrons. The first-order valence-electron chi connectivity index (χ1n) is 17.8. The summed E-state index contributed by atoms with van der Waals surface area (Å²) < 4.78 is 16.1. The van der Waals surface area contributed by atoms with Crippen molar-refractivity contribution in [3.8, 4) is 5.75 Å². The second kappa shape index (κ2) is 20.0. The zero-order valence-corrected chi connectivity index (χ0v) is 31.4. The average Bonchev–Trinajstić information content (AvgIpc) is 3.08. The Morgan fingerprint density at radius 1 is 1.16 bits per heavy atom. The zero-order chi connectivity index (χ0) is 37.6. The summed E-state index contributed by atoms with van der Waals surface area (Å²) in [4.78, 5) is 54.3. The van der Waals surface area contributed by atoms with Gasteiger partial charge in [-0.05, 0) is 75.3 Å². The van der Waals surface area contributed by atoms with Gasteiger partial charge in [-0.1, -0.05) is 47.6 Å². The number of phenolic OH excluding ortho intramolecular Hbond substituents is 1. The Morgan fingerprint density at radius 3 is 2.48 bits per heavy atom. The molecular formula is C38H58N4O8. The number of nitrogens with one attached hydrogen (secondary N) is 1. The number of hydrogen-bond acceptors (Lipinski definition) is 9. The number of carbonyl (C=O) groups is 4. The van der Waals surface area contributed by atoms with Crippen molar-refractivity contribution in [2.45, 2.75) is 100 Å². The molecule has 50 heavy (non-hydrogen) atoms. The third-order valence-corrected chi connectivity index (χ3v) is 8.74. The van der Waals surface area contributed by atoms with Crippen LogP contribution in [0.25, 0.3) is 10.9 Å². The van der Waals surface area contributed by atoms with E-state index in [0.717, 1.165) is 39.8 Å². The molecule has 0 saturated carbocycles. The normalized spacial score (nSPS) is 20.1. The molecule has 0 radical (unpaired) electrons. The molecule has 4 N–H and O–H groups in total. The zero-order valence-electron chi connectivity index (χ0n) is 31.4. The summed E-state index contributed by atoms with van der Waals surface area (Å²) in [6, 6.07) is 5.26. The minimum atomic E-state index is -0.575. The monoisotopic (exact) mass is 698 g/mol. The number of cyclic esters (lactones) is 1. The number of aromatic nitrogens is 1. The van der Waals surface area contributed by atoms with Crippen molar-refractivity contribution in [2.24, 2.45) is 23.5 Å². The number of nitrogens with two attached hydrogens (primary N) is 1. The van der Waals surface area contributed by atoms with Crippen LogP contribution in [0.3, 0.4) is 0 Å². The van der Waals surface area contributed by atoms with Crippen LogP contribution in [0.1, 0.15) is 92.0 Å². The predicted octanol–water partition coefficient (Wildman–Crippen LogP) is 4.96. The molecule has 3 heterocycles. The van der Waals surface area contributed by atoms with Crippen LogP contribution < -0.4 is 11.1 Å². The van der Waals surface area contributed by atoms with E-state index in [4.69, 9.17) is 24.9 Å². The summed E-state index contributed by atoms with van der Waals surface area (Å²) in [7, 11) is 0. The van der Waals surface area contributed by atoms with Crippen LogP contribution in [0.2, 0.25) is 0 Å². The van der Waals surface area contributed by atoms with Gasteiger partial charge in [0.05, 0.1) is 41.7 Å². The van der Waals surface area contributed by atoms with Gasteiger partial charge in [-0.2, -0.15) is 0 Å². The molecular weight excluding hydrogens is 640 g/mol. The highest BCUT2D eigenvalue weighted by Gasteiger charge is 2.35. The second-order valence-corrected chi connectivity index (χ2v) is 13.0. The van der Waals surface area contributed by atoms with Crippen molar-refractivity contribution in [2.75, 3.05) is 33.0 Å². The molecule has 0 saturated heterocycles. The number of aryl methyl sites for hydroxylation is 1. The summed E-state index contributed by atoms with van der Waals surface area (Å²) in [6.45, 7) is 19.1. The van der Waals surface area contributed by atoms with Gasteiger partial charge in [0.25, 0.3) is 0 Å². The maximum atomic E-state index is 13.3. The number of aromatic hydroxyl groups is 1. The standard InChI is InChI=1S/C25H30N2O4.C11H22N2O4.C2H6/c1-5-18-14(3)9-16-10-23-21(12-27(16)24(29)15(4)13-31-25(18)30)19(6-2)20-11-17(28)7-8-22(20)26-23;1-4-16-6-5-11(2,3)17-8-10(15)13-7-9(12)14;1-2/h7-9,11,14-15,18,28H,5-6,10,12-13H2,1-4H3;4-8H2,1-3H3,(H2,12,14)(H,13,15);1-2H3/b16-9-;;/t14?,15?,18-;;/m1../s1. The Labute approximate surface area is 297 Å². The number of pyridine rings is 1. The molecule has 0 bridgehead atoms. The van der Waals surface area contributed by atoms with Crippen molar-refractivity contribution < 1.29 is 38.5 Å². The van der Waals surface area contributed by atoms with Crippen LogP contribution in [0.4, 0.5) is 0 Å². The van der Waals surface area contributed by atoms with E-state index in [9.17, 15) is 24.3 Å². The number of nitrogens with zero attached hydrogens (tertiary/aromatic N) is 2. The lowest BCUT2D eigenvalue weighted by Crippen LogP contribution is -2.41. The Bertz CT molecular complexity index is 1510. The van der Waals surface area contributed by atoms with E-state index in [1.807, 2.05) is 66.4 Å². The molecule has 12 heteroatoms. The summed E-state index contributed by atoms with van der Waals surface area (Å²) in [5.74, 6) is -1.66. The van der Waals surface area contributed by atoms with E-state index in [0.29, 0.717) is 39.0 Å². The first-order chi connectivity index (χ1) is 23.7. The molecule has 0 spiro atoms. The lowest BCUT2D eigenvalue weighted by molar-refractivity contribution is -0.153. The van der Waals surface area contributed by atoms with Crippen molar-refractivity contribution in [3.63, 3.8) is 0 Å². The number of ether oxygens (including phenoxy) is 3. The fourth-order valence-electron chi connectivity index (χ4n) is 5.90. The summed E-state index contributed by atoms with van der Waals surface area (Å²) in [6.07, 6.45) is 4.78. The maximum Gasteiger partial charge on any atom is 0.309 e. The lowest BCUT2D eigenvalue weighted by Gasteiger charge is -2.36. The smallest absolute Gasteiger partial charge is 0.309 e.